The molecule has 0 radical (unpaired) electrons. The predicted molar refractivity (Wildman–Crippen MR) is 115 cm³/mol. The molecular formula is C21H19N5OS2. The molecule has 0 aliphatic rings. The van der Waals surface area contributed by atoms with Crippen LogP contribution < -0.4 is 5.32 Å². The van der Waals surface area contributed by atoms with Crippen LogP contribution in [0.4, 0.5) is 0 Å². The summed E-state index contributed by atoms with van der Waals surface area (Å²) in [5, 5.41) is 9.19. The molecule has 146 valence electrons. The molecule has 0 saturated carbocycles. The Hall–Kier alpha value is -2.97. The van der Waals surface area contributed by atoms with Gasteiger partial charge in [-0.05, 0) is 23.3 Å². The number of carbonyl (C=O) groups excluding carboxylic acids is 1. The first-order chi connectivity index (χ1) is 14.3. The molecule has 2 heterocycles. The average molecular weight is 422 g/mol. The van der Waals surface area contributed by atoms with Gasteiger partial charge in [0.15, 0.2) is 0 Å². The number of hydrogen-bond acceptors (Lipinski definition) is 6. The first-order valence-corrected chi connectivity index (χ1v) is 11.0. The van der Waals surface area contributed by atoms with Crippen LogP contribution in [0.3, 0.4) is 0 Å². The summed E-state index contributed by atoms with van der Waals surface area (Å²) in [4.78, 5) is 22.0. The fraction of sp³-hybridized carbons (Fsp3) is 0.143. The van der Waals surface area contributed by atoms with Gasteiger partial charge in [0, 0.05) is 22.6 Å². The first kappa shape index (κ1) is 19.4. The number of thioether (sulfide) groups is 1. The summed E-state index contributed by atoms with van der Waals surface area (Å²) in [5.74, 6) is 0.672. The van der Waals surface area contributed by atoms with E-state index in [1.54, 1.807) is 34.1 Å². The summed E-state index contributed by atoms with van der Waals surface area (Å²) in [5.41, 5.74) is 5.70. The Kier molecular flexibility index (Phi) is 6.33. The molecule has 1 amide bonds. The zero-order valence-corrected chi connectivity index (χ0v) is 17.2. The number of hydrogen-bond donors (Lipinski definition) is 1. The summed E-state index contributed by atoms with van der Waals surface area (Å²) < 4.78 is 1.77. The third kappa shape index (κ3) is 5.30. The minimum absolute atomic E-state index is 0.0759. The smallest absolute Gasteiger partial charge is 0.252 e. The quantitative estimate of drug-likeness (QED) is 0.435. The number of thiazole rings is 1. The van der Waals surface area contributed by atoms with E-state index in [9.17, 15) is 4.79 Å². The van der Waals surface area contributed by atoms with Gasteiger partial charge in [0.2, 0.25) is 0 Å². The van der Waals surface area contributed by atoms with Crippen LogP contribution in [0.1, 0.15) is 27.2 Å². The second-order valence-electron chi connectivity index (χ2n) is 6.36. The molecule has 1 N–H and O–H groups in total. The zero-order valence-electron chi connectivity index (χ0n) is 15.6. The van der Waals surface area contributed by atoms with Gasteiger partial charge in [-0.1, -0.05) is 36.4 Å². The van der Waals surface area contributed by atoms with Crippen LogP contribution in [-0.2, 0) is 18.8 Å². The highest BCUT2D eigenvalue weighted by Crippen LogP contribution is 2.26. The molecule has 0 aliphatic heterocycles. The van der Waals surface area contributed by atoms with Crippen molar-refractivity contribution in [2.75, 3.05) is 0 Å². The lowest BCUT2D eigenvalue weighted by Gasteiger charge is -2.10. The Morgan fingerprint density at radius 1 is 1.14 bits per heavy atom. The Balaban J connectivity index is 1.38. The van der Waals surface area contributed by atoms with Gasteiger partial charge in [-0.3, -0.25) is 4.79 Å². The maximum Gasteiger partial charge on any atom is 0.252 e. The number of rotatable bonds is 8. The van der Waals surface area contributed by atoms with Crippen LogP contribution >= 0.6 is 23.1 Å². The maximum absolute atomic E-state index is 12.8. The van der Waals surface area contributed by atoms with E-state index in [2.05, 4.69) is 26.4 Å². The lowest BCUT2D eigenvalue weighted by atomic mass is 10.1. The third-order valence-corrected chi connectivity index (χ3v) is 5.99. The molecular weight excluding hydrogens is 402 g/mol. The van der Waals surface area contributed by atoms with Crippen molar-refractivity contribution in [1.82, 2.24) is 25.1 Å². The topological polar surface area (TPSA) is 72.7 Å². The summed E-state index contributed by atoms with van der Waals surface area (Å²) in [6, 6.07) is 15.8. The van der Waals surface area contributed by atoms with Gasteiger partial charge in [-0.25, -0.2) is 14.6 Å². The molecule has 0 atom stereocenters. The van der Waals surface area contributed by atoms with E-state index in [0.717, 1.165) is 27.5 Å². The van der Waals surface area contributed by atoms with Gasteiger partial charge in [-0.15, -0.1) is 23.1 Å². The molecule has 4 aromatic rings. The Morgan fingerprint density at radius 3 is 2.86 bits per heavy atom. The van der Waals surface area contributed by atoms with Crippen LogP contribution in [0, 0.1) is 0 Å². The minimum atomic E-state index is -0.0759. The van der Waals surface area contributed by atoms with Gasteiger partial charge in [0.05, 0.1) is 23.3 Å². The van der Waals surface area contributed by atoms with E-state index in [1.165, 1.54) is 6.33 Å². The largest absolute Gasteiger partial charge is 0.348 e. The Labute approximate surface area is 177 Å². The molecule has 0 bridgehead atoms. The maximum atomic E-state index is 12.8. The van der Waals surface area contributed by atoms with E-state index in [1.807, 2.05) is 53.4 Å². The van der Waals surface area contributed by atoms with Crippen LogP contribution in [0.25, 0.3) is 0 Å². The van der Waals surface area contributed by atoms with E-state index in [4.69, 9.17) is 0 Å². The van der Waals surface area contributed by atoms with Crippen molar-refractivity contribution in [2.24, 2.45) is 0 Å². The van der Waals surface area contributed by atoms with Gasteiger partial charge in [0.1, 0.15) is 12.7 Å². The summed E-state index contributed by atoms with van der Waals surface area (Å²) in [6.07, 6.45) is 3.21. The number of nitrogens with one attached hydrogen (secondary N) is 1. The molecule has 4 rings (SSSR count). The fourth-order valence-electron chi connectivity index (χ4n) is 2.86. The van der Waals surface area contributed by atoms with Gasteiger partial charge >= 0.3 is 0 Å². The van der Waals surface area contributed by atoms with E-state index in [-0.39, 0.29) is 5.91 Å². The van der Waals surface area contributed by atoms with Crippen molar-refractivity contribution >= 4 is 29.0 Å². The average Bonchev–Trinajstić information content (AvgIpc) is 3.45. The van der Waals surface area contributed by atoms with Crippen LogP contribution in [-0.4, -0.2) is 25.7 Å². The number of benzene rings is 2. The second kappa shape index (κ2) is 9.49. The normalized spacial score (nSPS) is 10.8. The Morgan fingerprint density at radius 2 is 2.03 bits per heavy atom. The first-order valence-electron chi connectivity index (χ1n) is 9.05. The van der Waals surface area contributed by atoms with Crippen molar-refractivity contribution < 1.29 is 4.79 Å². The molecule has 0 saturated heterocycles. The van der Waals surface area contributed by atoms with Crippen molar-refractivity contribution in [3.8, 4) is 0 Å². The number of aromatic nitrogens is 4. The fourth-order valence-corrected chi connectivity index (χ4v) is 4.47. The molecule has 0 aliphatic carbocycles. The molecule has 0 spiro atoms. The molecule has 2 aromatic heterocycles. The highest BCUT2D eigenvalue weighted by atomic mass is 32.2. The number of amides is 1. The monoisotopic (exact) mass is 421 g/mol. The molecule has 8 heteroatoms. The van der Waals surface area contributed by atoms with E-state index >= 15 is 0 Å². The number of nitrogens with zero attached hydrogens (tertiary/aromatic N) is 4. The van der Waals surface area contributed by atoms with E-state index < -0.39 is 0 Å². The summed E-state index contributed by atoms with van der Waals surface area (Å²) in [6.45, 7) is 1.12. The van der Waals surface area contributed by atoms with Crippen molar-refractivity contribution in [2.45, 2.75) is 23.7 Å². The van der Waals surface area contributed by atoms with Crippen molar-refractivity contribution in [1.29, 1.82) is 0 Å². The highest BCUT2D eigenvalue weighted by Gasteiger charge is 2.12. The molecule has 0 unspecified atom stereocenters. The van der Waals surface area contributed by atoms with Gasteiger partial charge in [-0.2, -0.15) is 5.10 Å². The predicted octanol–water partition coefficient (Wildman–Crippen LogP) is 4.01. The summed E-state index contributed by atoms with van der Waals surface area (Å²) >= 11 is 3.21. The standard InChI is InChI=1S/C21H19N5OS2/c27-21(19-6-1-2-7-20(19)29-12-18-11-28-15-24-18)23-9-16-4-3-5-17(8-16)10-26-14-22-13-25-26/h1-8,11,13-15H,9-10,12H2,(H,23,27). The van der Waals surface area contributed by atoms with Crippen molar-refractivity contribution in [3.05, 3.63) is 94.5 Å². The molecule has 2 aromatic carbocycles. The van der Waals surface area contributed by atoms with Crippen LogP contribution in [0.15, 0.2) is 77.0 Å². The van der Waals surface area contributed by atoms with Gasteiger partial charge < -0.3 is 5.32 Å². The highest BCUT2D eigenvalue weighted by molar-refractivity contribution is 7.98. The van der Waals surface area contributed by atoms with Crippen LogP contribution in [0.2, 0.25) is 0 Å². The number of carbonyl (C=O) groups is 1. The second-order valence-corrected chi connectivity index (χ2v) is 8.10. The van der Waals surface area contributed by atoms with Gasteiger partial charge in [0.25, 0.3) is 5.91 Å². The third-order valence-electron chi connectivity index (χ3n) is 4.25. The molecule has 0 fully saturated rings. The summed E-state index contributed by atoms with van der Waals surface area (Å²) in [7, 11) is 0. The SMILES string of the molecule is O=C(NCc1cccc(Cn2cncn2)c1)c1ccccc1SCc1cscn1. The molecule has 6 nitrogen and oxygen atoms in total. The van der Waals surface area contributed by atoms with E-state index in [0.29, 0.717) is 18.7 Å². The molecule has 29 heavy (non-hydrogen) atoms. The zero-order chi connectivity index (χ0) is 19.9. The Bertz CT molecular complexity index is 1060. The van der Waals surface area contributed by atoms with Crippen LogP contribution in [0.5, 0.6) is 0 Å². The lowest BCUT2D eigenvalue weighted by molar-refractivity contribution is 0.0948. The minimum Gasteiger partial charge on any atom is -0.348 e. The van der Waals surface area contributed by atoms with Crippen molar-refractivity contribution in [3.63, 3.8) is 0 Å². The lowest BCUT2D eigenvalue weighted by Crippen LogP contribution is -2.23.